The smallest absolute Gasteiger partial charge is 0.254 e. The van der Waals surface area contributed by atoms with Crippen LogP contribution < -0.4 is 4.74 Å². The van der Waals surface area contributed by atoms with E-state index in [1.54, 1.807) is 6.21 Å². The van der Waals surface area contributed by atoms with E-state index in [4.69, 9.17) is 16.3 Å². The normalized spacial score (nSPS) is 26.3. The number of halogens is 3. The number of ether oxygens (including phenoxy) is 1. The molecule has 1 saturated carbocycles. The van der Waals surface area contributed by atoms with Crippen molar-refractivity contribution in [2.24, 2.45) is 28.8 Å². The first-order chi connectivity index (χ1) is 15.4. The molecule has 1 saturated heterocycles. The Hall–Kier alpha value is -1.46. The second-order valence-corrected chi connectivity index (χ2v) is 11.0. The molecule has 2 amide bonds. The number of hydrogen-bond donors (Lipinski definition) is 0. The van der Waals surface area contributed by atoms with Crippen LogP contribution in [0.1, 0.15) is 24.0 Å². The molecule has 0 N–H and O–H groups in total. The molecular weight excluding hydrogens is 654 g/mol. The van der Waals surface area contributed by atoms with Crippen LogP contribution in [0.15, 0.2) is 53.7 Å². The molecule has 5 nitrogen and oxygen atoms in total. The number of rotatable bonds is 5. The minimum Gasteiger partial charge on any atom is -0.487 e. The summed E-state index contributed by atoms with van der Waals surface area (Å²) >= 11 is 10.7. The van der Waals surface area contributed by atoms with E-state index >= 15 is 0 Å². The van der Waals surface area contributed by atoms with Crippen molar-refractivity contribution in [3.8, 4) is 5.75 Å². The highest BCUT2D eigenvalue weighted by Gasteiger charge is 2.56. The fourth-order valence-electron chi connectivity index (χ4n) is 4.85. The Morgan fingerprint density at radius 1 is 1.03 bits per heavy atom. The van der Waals surface area contributed by atoms with Crippen molar-refractivity contribution < 1.29 is 14.3 Å². The van der Waals surface area contributed by atoms with Crippen molar-refractivity contribution in [3.05, 3.63) is 71.8 Å². The molecule has 8 heteroatoms. The molecule has 2 aromatic carbocycles. The number of imide groups is 1. The van der Waals surface area contributed by atoms with E-state index in [0.717, 1.165) is 41.9 Å². The summed E-state index contributed by atoms with van der Waals surface area (Å²) in [6, 6.07) is 11.5. The minimum absolute atomic E-state index is 0.165. The highest BCUT2D eigenvalue weighted by Crippen LogP contribution is 2.49. The van der Waals surface area contributed by atoms with Gasteiger partial charge in [-0.15, -0.1) is 0 Å². The van der Waals surface area contributed by atoms with Gasteiger partial charge in [0.25, 0.3) is 11.8 Å². The maximum atomic E-state index is 12.9. The van der Waals surface area contributed by atoms with Gasteiger partial charge in [0.1, 0.15) is 12.4 Å². The Bertz CT molecular complexity index is 1110. The van der Waals surface area contributed by atoms with Gasteiger partial charge in [-0.05, 0) is 93.6 Å². The Labute approximate surface area is 218 Å². The summed E-state index contributed by atoms with van der Waals surface area (Å²) in [5.74, 6) is 0.272. The summed E-state index contributed by atoms with van der Waals surface area (Å²) in [4.78, 5) is 25.8. The lowest BCUT2D eigenvalue weighted by Crippen LogP contribution is -2.38. The zero-order chi connectivity index (χ0) is 22.4. The lowest BCUT2D eigenvalue weighted by molar-refractivity contribution is -0.140. The Morgan fingerprint density at radius 2 is 1.62 bits per heavy atom. The van der Waals surface area contributed by atoms with Gasteiger partial charge in [0.15, 0.2) is 0 Å². The molecule has 2 fully saturated rings. The van der Waals surface area contributed by atoms with Crippen LogP contribution in [0.2, 0.25) is 5.02 Å². The molecule has 0 unspecified atom stereocenters. The number of allylic oxidation sites excluding steroid dienone is 2. The molecule has 6 rings (SSSR count). The molecule has 4 aliphatic rings. The summed E-state index contributed by atoms with van der Waals surface area (Å²) in [7, 11) is 0. The van der Waals surface area contributed by atoms with Crippen molar-refractivity contribution in [2.75, 3.05) is 0 Å². The molecule has 3 aliphatic carbocycles. The molecular formula is C24H19ClI2N2O3. The van der Waals surface area contributed by atoms with Gasteiger partial charge in [0.2, 0.25) is 0 Å². The fraction of sp³-hybridized carbons (Fsp3) is 0.292. The largest absolute Gasteiger partial charge is 0.487 e. The molecule has 2 aromatic rings. The Balaban J connectivity index is 1.32. The summed E-state index contributed by atoms with van der Waals surface area (Å²) < 4.78 is 7.86. The van der Waals surface area contributed by atoms with Crippen LogP contribution in [-0.4, -0.2) is 23.0 Å². The quantitative estimate of drug-likeness (QED) is 0.179. The molecule has 0 aromatic heterocycles. The van der Waals surface area contributed by atoms with E-state index in [9.17, 15) is 9.59 Å². The van der Waals surface area contributed by atoms with Crippen molar-refractivity contribution in [1.82, 2.24) is 5.01 Å². The van der Waals surface area contributed by atoms with Gasteiger partial charge in [0.05, 0.1) is 25.2 Å². The van der Waals surface area contributed by atoms with Gasteiger partial charge in [-0.2, -0.15) is 10.1 Å². The number of hydrazone groups is 1. The lowest BCUT2D eigenvalue weighted by atomic mass is 9.63. The van der Waals surface area contributed by atoms with E-state index in [-0.39, 0.29) is 35.5 Å². The summed E-state index contributed by atoms with van der Waals surface area (Å²) in [5, 5.41) is 6.07. The van der Waals surface area contributed by atoms with E-state index in [0.29, 0.717) is 11.6 Å². The van der Waals surface area contributed by atoms with Crippen molar-refractivity contribution >= 4 is 74.8 Å². The molecule has 164 valence electrons. The summed E-state index contributed by atoms with van der Waals surface area (Å²) in [5.41, 5.74) is 1.72. The first-order valence-electron chi connectivity index (χ1n) is 10.4. The average molecular weight is 673 g/mol. The van der Waals surface area contributed by atoms with E-state index < -0.39 is 0 Å². The van der Waals surface area contributed by atoms with Gasteiger partial charge >= 0.3 is 0 Å². The Kier molecular flexibility index (Phi) is 6.32. The van der Waals surface area contributed by atoms with E-state index in [1.165, 1.54) is 0 Å². The van der Waals surface area contributed by atoms with E-state index in [1.807, 2.05) is 36.4 Å². The van der Waals surface area contributed by atoms with Gasteiger partial charge in [-0.3, -0.25) is 9.59 Å². The van der Waals surface area contributed by atoms with Crippen molar-refractivity contribution in [1.29, 1.82) is 0 Å². The SMILES string of the molecule is O=C1[C@@H]2[C@@H](C(=O)N1/N=C\c1cc(I)c(OCc3ccccc3Cl)c(I)c1)[C@H]1C=C[C@@H]2CC1. The third kappa shape index (κ3) is 4.00. The predicted molar refractivity (Wildman–Crippen MR) is 139 cm³/mol. The third-order valence-corrected chi connectivity index (χ3v) is 8.38. The van der Waals surface area contributed by atoms with Gasteiger partial charge < -0.3 is 4.74 Å². The van der Waals surface area contributed by atoms with Crippen LogP contribution in [0.5, 0.6) is 5.75 Å². The molecule has 4 atom stereocenters. The van der Waals surface area contributed by atoms with Gasteiger partial charge in [-0.25, -0.2) is 0 Å². The van der Waals surface area contributed by atoms with Crippen LogP contribution in [0.4, 0.5) is 0 Å². The molecule has 0 spiro atoms. The average Bonchev–Trinajstić information content (AvgIpc) is 3.05. The number of fused-ring (bicyclic) bond motifs is 1. The van der Waals surface area contributed by atoms with Gasteiger partial charge in [-0.1, -0.05) is 42.0 Å². The maximum Gasteiger partial charge on any atom is 0.254 e. The first-order valence-corrected chi connectivity index (χ1v) is 12.9. The molecule has 1 aliphatic heterocycles. The second kappa shape index (κ2) is 9.06. The highest BCUT2D eigenvalue weighted by atomic mass is 127. The van der Waals surface area contributed by atoms with E-state index in [2.05, 4.69) is 62.4 Å². The molecule has 1 heterocycles. The molecule has 2 bridgehead atoms. The monoisotopic (exact) mass is 672 g/mol. The zero-order valence-corrected chi connectivity index (χ0v) is 22.0. The molecule has 0 radical (unpaired) electrons. The van der Waals surface area contributed by atoms with Crippen molar-refractivity contribution in [2.45, 2.75) is 19.4 Å². The Morgan fingerprint density at radius 3 is 2.19 bits per heavy atom. The number of carbonyl (C=O) groups is 2. The number of hydrogen-bond acceptors (Lipinski definition) is 4. The van der Waals surface area contributed by atoms with Crippen LogP contribution in [-0.2, 0) is 16.2 Å². The maximum absolute atomic E-state index is 12.9. The highest BCUT2D eigenvalue weighted by molar-refractivity contribution is 14.1. The number of nitrogens with zero attached hydrogens (tertiary/aromatic N) is 2. The lowest BCUT2D eigenvalue weighted by Gasteiger charge is -2.37. The minimum atomic E-state index is -0.246. The topological polar surface area (TPSA) is 59.0 Å². The van der Waals surface area contributed by atoms with Crippen LogP contribution in [0, 0.1) is 30.8 Å². The zero-order valence-electron chi connectivity index (χ0n) is 16.9. The van der Waals surface area contributed by atoms with Crippen LogP contribution in [0.3, 0.4) is 0 Å². The number of amides is 2. The third-order valence-electron chi connectivity index (χ3n) is 6.41. The van der Waals surface area contributed by atoms with Gasteiger partial charge in [0, 0.05) is 10.6 Å². The summed E-state index contributed by atoms with van der Waals surface area (Å²) in [6.07, 6.45) is 7.76. The fourth-order valence-corrected chi connectivity index (χ4v) is 7.17. The number of carbonyl (C=O) groups excluding carboxylic acids is 2. The van der Waals surface area contributed by atoms with Crippen molar-refractivity contribution in [3.63, 3.8) is 0 Å². The number of benzene rings is 2. The van der Waals surface area contributed by atoms with Crippen LogP contribution in [0.25, 0.3) is 0 Å². The molecule has 32 heavy (non-hydrogen) atoms. The summed E-state index contributed by atoms with van der Waals surface area (Å²) in [6.45, 7) is 0.370. The first kappa shape index (κ1) is 22.3. The van der Waals surface area contributed by atoms with Crippen LogP contribution >= 0.6 is 56.8 Å². The second-order valence-electron chi connectivity index (χ2n) is 8.27. The predicted octanol–water partition coefficient (Wildman–Crippen LogP) is 5.66. The standard InChI is InChI=1S/C24H19ClI2N2O3/c25-17-4-2-1-3-16(17)12-32-22-18(26)9-13(10-19(22)27)11-28-29-23(30)20-14-5-6-15(8-7-14)21(20)24(29)31/h1-6,9-11,14-15,20-21H,7-8,12H2/b28-11-/t14-,15+,20-,21-/m0/s1.